The third kappa shape index (κ3) is 2.75. The Balaban J connectivity index is 3.18. The molecule has 0 saturated heterocycles. The number of rotatable bonds is 2. The summed E-state index contributed by atoms with van der Waals surface area (Å²) in [6, 6.07) is 0. The minimum absolute atomic E-state index is 0.369. The zero-order valence-corrected chi connectivity index (χ0v) is 7.11. The molecule has 1 aromatic rings. The molecule has 0 spiro atoms. The molecule has 0 aromatic carbocycles. The molecule has 1 aromatic heterocycles. The van der Waals surface area contributed by atoms with Gasteiger partial charge in [0.1, 0.15) is 0 Å². The first-order valence-electron chi connectivity index (χ1n) is 3.64. The second-order valence-corrected chi connectivity index (χ2v) is 2.47. The molecule has 8 heteroatoms. The van der Waals surface area contributed by atoms with Crippen molar-refractivity contribution in [3.05, 3.63) is 23.5 Å². The van der Waals surface area contributed by atoms with Crippen molar-refractivity contribution < 1.29 is 26.7 Å². The maximum Gasteiger partial charge on any atom is 0.573 e. The minimum Gasteiger partial charge on any atom is -0.402 e. The van der Waals surface area contributed by atoms with Crippen LogP contribution in [0.3, 0.4) is 0 Å². The lowest BCUT2D eigenvalue weighted by atomic mass is 10.2. The fourth-order valence-electron chi connectivity index (χ4n) is 0.856. The molecule has 0 aliphatic heterocycles. The van der Waals surface area contributed by atoms with Gasteiger partial charge in [-0.1, -0.05) is 0 Å². The monoisotopic (exact) mass is 228 g/mol. The van der Waals surface area contributed by atoms with Crippen LogP contribution in [-0.2, 0) is 6.54 Å². The average molecular weight is 228 g/mol. The molecular formula is C7H5F5N2O. The number of nitrogens with two attached hydrogens (primary N) is 1. The van der Waals surface area contributed by atoms with Crippen molar-refractivity contribution in [2.45, 2.75) is 12.9 Å². The van der Waals surface area contributed by atoms with Crippen LogP contribution in [0, 0.1) is 11.8 Å². The van der Waals surface area contributed by atoms with Gasteiger partial charge in [0.2, 0.25) is 5.82 Å². The van der Waals surface area contributed by atoms with Crippen LogP contribution in [0.5, 0.6) is 5.75 Å². The zero-order chi connectivity index (χ0) is 11.6. The van der Waals surface area contributed by atoms with E-state index in [2.05, 4.69) is 9.72 Å². The Labute approximate surface area is 80.7 Å². The van der Waals surface area contributed by atoms with Gasteiger partial charge in [0.15, 0.2) is 5.75 Å². The van der Waals surface area contributed by atoms with Gasteiger partial charge in [-0.3, -0.25) is 0 Å². The molecule has 3 nitrogen and oxygen atoms in total. The molecular weight excluding hydrogens is 223 g/mol. The normalized spacial score (nSPS) is 11.6. The highest BCUT2D eigenvalue weighted by molar-refractivity contribution is 5.32. The van der Waals surface area contributed by atoms with Gasteiger partial charge < -0.3 is 10.5 Å². The van der Waals surface area contributed by atoms with E-state index in [4.69, 9.17) is 5.73 Å². The van der Waals surface area contributed by atoms with Crippen LogP contribution in [0.4, 0.5) is 22.0 Å². The first-order chi connectivity index (χ1) is 6.85. The smallest absolute Gasteiger partial charge is 0.402 e. The summed E-state index contributed by atoms with van der Waals surface area (Å²) < 4.78 is 64.0. The molecule has 0 amide bonds. The highest BCUT2D eigenvalue weighted by Crippen LogP contribution is 2.29. The predicted molar refractivity (Wildman–Crippen MR) is 38.7 cm³/mol. The fourth-order valence-corrected chi connectivity index (χ4v) is 0.856. The van der Waals surface area contributed by atoms with Gasteiger partial charge in [-0.15, -0.1) is 13.2 Å². The number of aromatic nitrogens is 1. The minimum atomic E-state index is -5.11. The maximum atomic E-state index is 12.9. The highest BCUT2D eigenvalue weighted by Gasteiger charge is 2.34. The topological polar surface area (TPSA) is 48.1 Å². The van der Waals surface area contributed by atoms with Crippen molar-refractivity contribution in [1.29, 1.82) is 0 Å². The lowest BCUT2D eigenvalue weighted by molar-refractivity contribution is -0.276. The summed E-state index contributed by atoms with van der Waals surface area (Å²) in [6.45, 7) is -0.449. The van der Waals surface area contributed by atoms with E-state index in [1.807, 2.05) is 0 Å². The van der Waals surface area contributed by atoms with Crippen molar-refractivity contribution in [3.63, 3.8) is 0 Å². The summed E-state index contributed by atoms with van der Waals surface area (Å²) in [7, 11) is 0. The van der Waals surface area contributed by atoms with Crippen LogP contribution in [0.1, 0.15) is 5.56 Å². The van der Waals surface area contributed by atoms with Crippen molar-refractivity contribution in [2.24, 2.45) is 5.73 Å². The van der Waals surface area contributed by atoms with Crippen LogP contribution in [0.25, 0.3) is 0 Å². The molecule has 0 unspecified atom stereocenters. The summed E-state index contributed by atoms with van der Waals surface area (Å²) in [6.07, 6.45) is -4.43. The summed E-state index contributed by atoms with van der Waals surface area (Å²) in [5, 5.41) is 0. The molecule has 84 valence electrons. The zero-order valence-electron chi connectivity index (χ0n) is 7.11. The summed E-state index contributed by atoms with van der Waals surface area (Å²) in [5.41, 5.74) is 4.64. The first-order valence-corrected chi connectivity index (χ1v) is 3.64. The average Bonchev–Trinajstić information content (AvgIpc) is 2.11. The molecule has 1 heterocycles. The van der Waals surface area contributed by atoms with Crippen molar-refractivity contribution in [3.8, 4) is 5.75 Å². The number of hydrogen-bond acceptors (Lipinski definition) is 3. The van der Waals surface area contributed by atoms with E-state index in [0.717, 1.165) is 0 Å². The lowest BCUT2D eigenvalue weighted by Crippen LogP contribution is -2.20. The van der Waals surface area contributed by atoms with Gasteiger partial charge in [0, 0.05) is 18.3 Å². The van der Waals surface area contributed by atoms with Crippen LogP contribution < -0.4 is 10.5 Å². The molecule has 1 rings (SSSR count). The second-order valence-electron chi connectivity index (χ2n) is 2.47. The van der Waals surface area contributed by atoms with Gasteiger partial charge in [-0.25, -0.2) is 4.98 Å². The van der Waals surface area contributed by atoms with Gasteiger partial charge >= 0.3 is 6.36 Å². The van der Waals surface area contributed by atoms with Crippen LogP contribution in [-0.4, -0.2) is 11.3 Å². The number of nitrogens with zero attached hydrogens (tertiary/aromatic N) is 1. The van der Waals surface area contributed by atoms with Gasteiger partial charge in [-0.05, 0) is 0 Å². The molecule has 0 aliphatic rings. The van der Waals surface area contributed by atoms with E-state index >= 15 is 0 Å². The number of hydrogen-bond donors (Lipinski definition) is 1. The molecule has 0 saturated carbocycles. The number of ether oxygens (including phenoxy) is 1. The van der Waals surface area contributed by atoms with Crippen LogP contribution >= 0.6 is 0 Å². The molecule has 0 fully saturated rings. The third-order valence-electron chi connectivity index (χ3n) is 1.44. The molecule has 0 bridgehead atoms. The summed E-state index contributed by atoms with van der Waals surface area (Å²) >= 11 is 0. The Bertz CT molecular complexity index is 365. The fraction of sp³-hybridized carbons (Fsp3) is 0.286. The Morgan fingerprint density at radius 2 is 1.93 bits per heavy atom. The molecule has 2 N–H and O–H groups in total. The largest absolute Gasteiger partial charge is 0.573 e. The molecule has 0 radical (unpaired) electrons. The van der Waals surface area contributed by atoms with Crippen LogP contribution in [0.15, 0.2) is 6.20 Å². The SMILES string of the molecule is NCc1cnc(F)c(F)c1OC(F)(F)F. The Kier molecular flexibility index (Phi) is 3.08. The lowest BCUT2D eigenvalue weighted by Gasteiger charge is -2.12. The van der Waals surface area contributed by atoms with E-state index < -0.39 is 30.4 Å². The maximum absolute atomic E-state index is 12.9. The number of alkyl halides is 3. The van der Waals surface area contributed by atoms with E-state index in [9.17, 15) is 22.0 Å². The Hall–Kier alpha value is -1.44. The second kappa shape index (κ2) is 3.97. The van der Waals surface area contributed by atoms with Gasteiger partial charge in [-0.2, -0.15) is 8.78 Å². The van der Waals surface area contributed by atoms with Crippen molar-refractivity contribution in [2.75, 3.05) is 0 Å². The standard InChI is InChI=1S/C7H5F5N2O/c8-4-5(15-7(10,11)12)3(1-13)2-14-6(4)9/h2H,1,13H2. The van der Waals surface area contributed by atoms with Crippen molar-refractivity contribution >= 4 is 0 Å². The first kappa shape index (κ1) is 11.6. The number of halogens is 5. The molecule has 15 heavy (non-hydrogen) atoms. The highest BCUT2D eigenvalue weighted by atomic mass is 19.4. The summed E-state index contributed by atoms with van der Waals surface area (Å²) in [5.74, 6) is -4.76. The third-order valence-corrected chi connectivity index (χ3v) is 1.44. The molecule has 0 atom stereocenters. The summed E-state index contributed by atoms with van der Waals surface area (Å²) in [4.78, 5) is 2.87. The molecule has 0 aliphatic carbocycles. The Morgan fingerprint density at radius 1 is 1.33 bits per heavy atom. The van der Waals surface area contributed by atoms with Crippen LogP contribution in [0.2, 0.25) is 0 Å². The quantitative estimate of drug-likeness (QED) is 0.619. The van der Waals surface area contributed by atoms with Gasteiger partial charge in [0.25, 0.3) is 5.95 Å². The van der Waals surface area contributed by atoms with E-state index in [-0.39, 0.29) is 5.56 Å². The van der Waals surface area contributed by atoms with E-state index in [1.165, 1.54) is 0 Å². The predicted octanol–water partition coefficient (Wildman–Crippen LogP) is 1.72. The van der Waals surface area contributed by atoms with Crippen molar-refractivity contribution in [1.82, 2.24) is 4.98 Å². The number of pyridine rings is 1. The van der Waals surface area contributed by atoms with Gasteiger partial charge in [0.05, 0.1) is 0 Å². The Morgan fingerprint density at radius 3 is 2.40 bits per heavy atom. The van der Waals surface area contributed by atoms with E-state index in [0.29, 0.717) is 6.20 Å². The van der Waals surface area contributed by atoms with E-state index in [1.54, 1.807) is 0 Å².